The van der Waals surface area contributed by atoms with E-state index >= 15 is 0 Å². The molecule has 2 heterocycles. The van der Waals surface area contributed by atoms with Crippen LogP contribution in [0.1, 0.15) is 71.6 Å². The van der Waals surface area contributed by atoms with E-state index in [9.17, 15) is 4.79 Å². The lowest BCUT2D eigenvalue weighted by atomic mass is 9.52. The number of carbonyl (C=O) groups excluding carboxylic acids is 1. The number of nitrogens with zero attached hydrogens (tertiary/aromatic N) is 2. The lowest BCUT2D eigenvalue weighted by molar-refractivity contribution is -0.152. The number of rotatable bonds is 3. The Bertz CT molecular complexity index is 507. The molecule has 2 saturated heterocycles. The van der Waals surface area contributed by atoms with E-state index in [0.29, 0.717) is 11.8 Å². The Hall–Kier alpha value is -0.570. The molecule has 1 spiro atoms. The fourth-order valence-electron chi connectivity index (χ4n) is 7.77. The summed E-state index contributed by atoms with van der Waals surface area (Å²) >= 11 is 0. The van der Waals surface area contributed by atoms with E-state index in [1.54, 1.807) is 0 Å². The quantitative estimate of drug-likeness (QED) is 0.788. The highest BCUT2D eigenvalue weighted by atomic mass is 16.2. The van der Waals surface area contributed by atoms with E-state index < -0.39 is 0 Å². The molecule has 4 saturated carbocycles. The average molecular weight is 331 g/mol. The van der Waals surface area contributed by atoms with Crippen LogP contribution in [-0.2, 0) is 4.79 Å². The van der Waals surface area contributed by atoms with Crippen molar-refractivity contribution in [2.75, 3.05) is 19.6 Å². The van der Waals surface area contributed by atoms with Crippen LogP contribution in [0.5, 0.6) is 0 Å². The minimum absolute atomic E-state index is 0.117. The van der Waals surface area contributed by atoms with Crippen molar-refractivity contribution in [2.24, 2.45) is 23.7 Å². The number of likely N-dealkylation sites (tertiary alicyclic amines) is 2. The van der Waals surface area contributed by atoms with E-state index in [1.165, 1.54) is 44.9 Å². The molecular formula is C21H34N2O. The molecule has 6 rings (SSSR count). The molecule has 6 aliphatic rings. The molecule has 3 nitrogen and oxygen atoms in total. The summed E-state index contributed by atoms with van der Waals surface area (Å²) in [6, 6.07) is 0. The number of carbonyl (C=O) groups is 1. The van der Waals surface area contributed by atoms with Crippen LogP contribution in [0.2, 0.25) is 0 Å². The number of hydrogen-bond acceptors (Lipinski definition) is 2. The molecular weight excluding hydrogens is 296 g/mol. The van der Waals surface area contributed by atoms with Gasteiger partial charge in [-0.2, -0.15) is 0 Å². The summed E-state index contributed by atoms with van der Waals surface area (Å²) in [7, 11) is 0. The summed E-state index contributed by atoms with van der Waals surface area (Å²) in [5.74, 6) is 3.96. The topological polar surface area (TPSA) is 23.6 Å². The van der Waals surface area contributed by atoms with Gasteiger partial charge < -0.3 is 4.90 Å². The molecule has 4 bridgehead atoms. The van der Waals surface area contributed by atoms with E-state index in [4.69, 9.17) is 0 Å². The van der Waals surface area contributed by atoms with Crippen LogP contribution < -0.4 is 0 Å². The molecule has 6 fully saturated rings. The maximum Gasteiger partial charge on any atom is 0.243 e. The van der Waals surface area contributed by atoms with Crippen molar-refractivity contribution in [3.05, 3.63) is 0 Å². The Balaban J connectivity index is 1.42. The van der Waals surface area contributed by atoms with Gasteiger partial charge in [-0.15, -0.1) is 0 Å². The van der Waals surface area contributed by atoms with Crippen LogP contribution in [0.25, 0.3) is 0 Å². The molecule has 1 amide bonds. The zero-order valence-electron chi connectivity index (χ0n) is 15.6. The van der Waals surface area contributed by atoms with Crippen LogP contribution in [-0.4, -0.2) is 46.4 Å². The first kappa shape index (κ1) is 15.7. The van der Waals surface area contributed by atoms with Gasteiger partial charge in [0.25, 0.3) is 0 Å². The minimum atomic E-state index is -0.117. The van der Waals surface area contributed by atoms with Crippen LogP contribution in [0, 0.1) is 23.7 Å². The van der Waals surface area contributed by atoms with Crippen molar-refractivity contribution >= 4 is 5.91 Å². The van der Waals surface area contributed by atoms with Gasteiger partial charge in [-0.3, -0.25) is 9.69 Å². The molecule has 1 unspecified atom stereocenters. The molecule has 4 aliphatic carbocycles. The summed E-state index contributed by atoms with van der Waals surface area (Å²) in [6.45, 7) is 7.86. The molecule has 0 aromatic heterocycles. The second-order valence-electron chi connectivity index (χ2n) is 10.3. The monoisotopic (exact) mass is 330 g/mol. The van der Waals surface area contributed by atoms with Crippen LogP contribution in [0.4, 0.5) is 0 Å². The van der Waals surface area contributed by atoms with E-state index in [-0.39, 0.29) is 11.1 Å². The summed E-state index contributed by atoms with van der Waals surface area (Å²) in [6.07, 6.45) is 11.8. The molecule has 2 aliphatic heterocycles. The summed E-state index contributed by atoms with van der Waals surface area (Å²) in [5.41, 5.74) is 0.148. The second-order valence-corrected chi connectivity index (χ2v) is 10.3. The highest BCUT2D eigenvalue weighted by Gasteiger charge is 2.61. The molecule has 134 valence electrons. The molecule has 0 radical (unpaired) electrons. The normalized spacial score (nSPS) is 47.7. The molecule has 0 aromatic carbocycles. The SMILES string of the molecule is CC(C)CN1CCCC12CCN(C13CC4CC(CC(C4)C1)C3)C2=O. The molecule has 24 heavy (non-hydrogen) atoms. The first-order valence-corrected chi connectivity index (χ1v) is 10.6. The fraction of sp³-hybridized carbons (Fsp3) is 0.952. The highest BCUT2D eigenvalue weighted by Crippen LogP contribution is 2.59. The third-order valence-corrected chi connectivity index (χ3v) is 8.18. The maximum atomic E-state index is 13.7. The van der Waals surface area contributed by atoms with E-state index in [1.807, 2.05) is 0 Å². The van der Waals surface area contributed by atoms with Crippen molar-refractivity contribution in [3.63, 3.8) is 0 Å². The van der Waals surface area contributed by atoms with Gasteiger partial charge >= 0.3 is 0 Å². The van der Waals surface area contributed by atoms with Crippen molar-refractivity contribution in [2.45, 2.75) is 82.7 Å². The van der Waals surface area contributed by atoms with Crippen molar-refractivity contribution in [1.29, 1.82) is 0 Å². The second kappa shape index (κ2) is 5.22. The summed E-state index contributed by atoms with van der Waals surface area (Å²) < 4.78 is 0. The zero-order chi connectivity index (χ0) is 16.5. The third-order valence-electron chi connectivity index (χ3n) is 8.18. The first-order chi connectivity index (χ1) is 11.5. The average Bonchev–Trinajstić information content (AvgIpc) is 3.04. The Morgan fingerprint density at radius 2 is 1.62 bits per heavy atom. The Morgan fingerprint density at radius 3 is 2.21 bits per heavy atom. The highest BCUT2D eigenvalue weighted by molar-refractivity contribution is 5.89. The number of amides is 1. The number of hydrogen-bond donors (Lipinski definition) is 0. The van der Waals surface area contributed by atoms with Gasteiger partial charge in [0.1, 0.15) is 5.54 Å². The Labute approximate surface area is 147 Å². The van der Waals surface area contributed by atoms with Gasteiger partial charge in [0.05, 0.1) is 0 Å². The first-order valence-electron chi connectivity index (χ1n) is 10.6. The van der Waals surface area contributed by atoms with Crippen molar-refractivity contribution in [1.82, 2.24) is 9.80 Å². The Morgan fingerprint density at radius 1 is 1.00 bits per heavy atom. The van der Waals surface area contributed by atoms with E-state index in [0.717, 1.165) is 50.2 Å². The van der Waals surface area contributed by atoms with Gasteiger partial charge in [0, 0.05) is 18.6 Å². The van der Waals surface area contributed by atoms with Gasteiger partial charge in [-0.1, -0.05) is 13.8 Å². The zero-order valence-corrected chi connectivity index (χ0v) is 15.6. The van der Waals surface area contributed by atoms with Gasteiger partial charge in [-0.25, -0.2) is 0 Å². The van der Waals surface area contributed by atoms with Gasteiger partial charge in [0.15, 0.2) is 0 Å². The summed E-state index contributed by atoms with van der Waals surface area (Å²) in [5, 5.41) is 0. The van der Waals surface area contributed by atoms with Gasteiger partial charge in [0.2, 0.25) is 5.91 Å². The van der Waals surface area contributed by atoms with Crippen LogP contribution in [0.15, 0.2) is 0 Å². The fourth-order valence-corrected chi connectivity index (χ4v) is 7.77. The largest absolute Gasteiger partial charge is 0.335 e. The predicted molar refractivity (Wildman–Crippen MR) is 95.6 cm³/mol. The molecule has 1 atom stereocenters. The third kappa shape index (κ3) is 2.09. The van der Waals surface area contributed by atoms with Crippen LogP contribution >= 0.6 is 0 Å². The van der Waals surface area contributed by atoms with Gasteiger partial charge in [-0.05, 0) is 88.0 Å². The van der Waals surface area contributed by atoms with Crippen molar-refractivity contribution in [3.8, 4) is 0 Å². The molecule has 3 heteroatoms. The minimum Gasteiger partial charge on any atom is -0.335 e. The lowest BCUT2D eigenvalue weighted by Gasteiger charge is -2.60. The smallest absolute Gasteiger partial charge is 0.243 e. The summed E-state index contributed by atoms with van der Waals surface area (Å²) in [4.78, 5) is 18.7. The Kier molecular flexibility index (Phi) is 3.41. The van der Waals surface area contributed by atoms with E-state index in [2.05, 4.69) is 23.6 Å². The maximum absolute atomic E-state index is 13.7. The molecule has 0 N–H and O–H groups in total. The standard InChI is InChI=1S/C21H34N2O/c1-15(2)14-22-6-3-4-21(22)5-7-23(19(21)24)20-11-16-8-17(12-20)10-18(9-16)13-20/h15-18H,3-14H2,1-2H3. The predicted octanol–water partition coefficient (Wildman–Crippen LogP) is 3.68. The lowest BCUT2D eigenvalue weighted by Crippen LogP contribution is -2.62. The molecule has 0 aromatic rings. The van der Waals surface area contributed by atoms with Crippen LogP contribution in [0.3, 0.4) is 0 Å². The van der Waals surface area contributed by atoms with Crippen molar-refractivity contribution < 1.29 is 4.79 Å².